The molecule has 2 aromatic rings. The summed E-state index contributed by atoms with van der Waals surface area (Å²) in [7, 11) is 0. The van der Waals surface area contributed by atoms with Crippen LogP contribution in [0.15, 0.2) is 60.7 Å². The van der Waals surface area contributed by atoms with Gasteiger partial charge in [-0.1, -0.05) is 60.7 Å². The Balaban J connectivity index is 1.83. The van der Waals surface area contributed by atoms with Crippen molar-refractivity contribution in [3.8, 4) is 0 Å². The zero-order chi connectivity index (χ0) is 15.0. The minimum absolute atomic E-state index is 0.270. The largest absolute Gasteiger partial charge is 0.391 e. The van der Waals surface area contributed by atoms with Gasteiger partial charge in [-0.25, -0.2) is 0 Å². The van der Waals surface area contributed by atoms with Gasteiger partial charge in [0, 0.05) is 37.0 Å². The third-order valence-corrected chi connectivity index (χ3v) is 5.51. The number of aliphatic hydroxyl groups is 1. The standard InChI is InChI=1S/C19H22N2O/c22-17-18(15-7-3-1-4-8-15)11-20-13-19(17,14-21-12-18)16-9-5-2-6-10-16/h1-10,17,20-22H,11-14H2. The average Bonchev–Trinajstić information content (AvgIpc) is 2.57. The van der Waals surface area contributed by atoms with Gasteiger partial charge in [0.05, 0.1) is 6.10 Å². The maximum atomic E-state index is 11.4. The second-order valence-corrected chi connectivity index (χ2v) is 6.65. The smallest absolute Gasteiger partial charge is 0.0782 e. The third-order valence-electron chi connectivity index (χ3n) is 5.51. The molecule has 2 heterocycles. The molecule has 0 aliphatic carbocycles. The predicted octanol–water partition coefficient (Wildman–Crippen LogP) is 1.43. The van der Waals surface area contributed by atoms with Crippen LogP contribution in [0.5, 0.6) is 0 Å². The molecule has 3 nitrogen and oxygen atoms in total. The molecular formula is C19H22N2O. The Morgan fingerprint density at radius 3 is 1.41 bits per heavy atom. The number of nitrogens with one attached hydrogen (secondary N) is 2. The first-order valence-electron chi connectivity index (χ1n) is 7.99. The molecule has 0 unspecified atom stereocenters. The fraction of sp³-hybridized carbons (Fsp3) is 0.368. The van der Waals surface area contributed by atoms with E-state index in [0.717, 1.165) is 26.2 Å². The Morgan fingerprint density at radius 1 is 0.682 bits per heavy atom. The van der Waals surface area contributed by atoms with E-state index in [1.807, 2.05) is 12.1 Å². The molecule has 3 heteroatoms. The van der Waals surface area contributed by atoms with Crippen molar-refractivity contribution in [2.75, 3.05) is 26.2 Å². The zero-order valence-electron chi connectivity index (χ0n) is 12.6. The van der Waals surface area contributed by atoms with Crippen LogP contribution in [0.1, 0.15) is 11.1 Å². The monoisotopic (exact) mass is 294 g/mol. The highest BCUT2D eigenvalue weighted by Gasteiger charge is 2.57. The summed E-state index contributed by atoms with van der Waals surface area (Å²) in [6, 6.07) is 20.9. The number of piperidine rings is 2. The summed E-state index contributed by atoms with van der Waals surface area (Å²) in [4.78, 5) is 0. The second-order valence-electron chi connectivity index (χ2n) is 6.65. The summed E-state index contributed by atoms with van der Waals surface area (Å²) in [5.41, 5.74) is 1.88. The number of fused-ring (bicyclic) bond motifs is 2. The van der Waals surface area contributed by atoms with E-state index in [1.165, 1.54) is 11.1 Å². The number of rotatable bonds is 2. The van der Waals surface area contributed by atoms with Crippen molar-refractivity contribution in [1.82, 2.24) is 10.6 Å². The molecule has 3 N–H and O–H groups in total. The van der Waals surface area contributed by atoms with Crippen LogP contribution in [0, 0.1) is 0 Å². The molecule has 114 valence electrons. The summed E-state index contributed by atoms with van der Waals surface area (Å²) in [6.07, 6.45) is -0.396. The molecule has 0 saturated carbocycles. The summed E-state index contributed by atoms with van der Waals surface area (Å²) >= 11 is 0. The SMILES string of the molecule is OC1C2(c3ccccc3)CNCC1(c1ccccc1)CNC2. The Kier molecular flexibility index (Phi) is 3.30. The van der Waals surface area contributed by atoms with Crippen LogP contribution in [0.4, 0.5) is 0 Å². The van der Waals surface area contributed by atoms with Crippen molar-refractivity contribution in [3.05, 3.63) is 71.8 Å². The Morgan fingerprint density at radius 2 is 1.05 bits per heavy atom. The highest BCUT2D eigenvalue weighted by Crippen LogP contribution is 2.44. The summed E-state index contributed by atoms with van der Waals surface area (Å²) in [5.74, 6) is 0. The molecule has 2 aromatic carbocycles. The molecule has 2 aliphatic rings. The number of hydrogen-bond donors (Lipinski definition) is 3. The molecule has 2 bridgehead atoms. The fourth-order valence-corrected chi connectivity index (χ4v) is 4.32. The van der Waals surface area contributed by atoms with Crippen LogP contribution in [-0.2, 0) is 10.8 Å². The zero-order valence-corrected chi connectivity index (χ0v) is 12.6. The molecule has 0 aromatic heterocycles. The quantitative estimate of drug-likeness (QED) is 0.785. The molecular weight excluding hydrogens is 272 g/mol. The lowest BCUT2D eigenvalue weighted by Gasteiger charge is -2.57. The Bertz CT molecular complexity index is 575. The first kappa shape index (κ1) is 13.9. The number of benzene rings is 2. The number of aliphatic hydroxyl groups excluding tert-OH is 1. The number of hydrogen-bond acceptors (Lipinski definition) is 3. The van der Waals surface area contributed by atoms with E-state index in [1.54, 1.807) is 0 Å². The maximum absolute atomic E-state index is 11.4. The van der Waals surface area contributed by atoms with E-state index in [2.05, 4.69) is 59.2 Å². The van der Waals surface area contributed by atoms with Crippen LogP contribution < -0.4 is 10.6 Å². The average molecular weight is 294 g/mol. The van der Waals surface area contributed by atoms with Crippen molar-refractivity contribution in [2.24, 2.45) is 0 Å². The highest BCUT2D eigenvalue weighted by molar-refractivity contribution is 5.40. The van der Waals surface area contributed by atoms with Crippen LogP contribution >= 0.6 is 0 Å². The van der Waals surface area contributed by atoms with Crippen molar-refractivity contribution < 1.29 is 5.11 Å². The lowest BCUT2D eigenvalue weighted by atomic mass is 9.57. The van der Waals surface area contributed by atoms with Gasteiger partial charge in [0.25, 0.3) is 0 Å². The van der Waals surface area contributed by atoms with E-state index >= 15 is 0 Å². The van der Waals surface area contributed by atoms with Crippen molar-refractivity contribution in [3.63, 3.8) is 0 Å². The van der Waals surface area contributed by atoms with Gasteiger partial charge in [0.2, 0.25) is 0 Å². The van der Waals surface area contributed by atoms with Gasteiger partial charge < -0.3 is 15.7 Å². The molecule has 22 heavy (non-hydrogen) atoms. The highest BCUT2D eigenvalue weighted by atomic mass is 16.3. The van der Waals surface area contributed by atoms with Gasteiger partial charge in [-0.05, 0) is 11.1 Å². The molecule has 0 amide bonds. The van der Waals surface area contributed by atoms with Crippen LogP contribution in [0.3, 0.4) is 0 Å². The van der Waals surface area contributed by atoms with Gasteiger partial charge in [0.15, 0.2) is 0 Å². The Hall–Kier alpha value is -1.68. The molecule has 0 atom stereocenters. The molecule has 2 saturated heterocycles. The summed E-state index contributed by atoms with van der Waals surface area (Å²) in [6.45, 7) is 3.22. The topological polar surface area (TPSA) is 44.3 Å². The van der Waals surface area contributed by atoms with E-state index in [-0.39, 0.29) is 10.8 Å². The van der Waals surface area contributed by atoms with Crippen molar-refractivity contribution in [1.29, 1.82) is 0 Å². The van der Waals surface area contributed by atoms with Crippen LogP contribution in [-0.4, -0.2) is 37.4 Å². The Labute approximate surface area is 131 Å². The van der Waals surface area contributed by atoms with Gasteiger partial charge in [-0.3, -0.25) is 0 Å². The molecule has 0 spiro atoms. The van der Waals surface area contributed by atoms with Crippen LogP contribution in [0.2, 0.25) is 0 Å². The van der Waals surface area contributed by atoms with Crippen molar-refractivity contribution >= 4 is 0 Å². The lowest BCUT2D eigenvalue weighted by Crippen LogP contribution is -2.74. The van der Waals surface area contributed by atoms with E-state index in [4.69, 9.17) is 0 Å². The predicted molar refractivity (Wildman–Crippen MR) is 88.0 cm³/mol. The maximum Gasteiger partial charge on any atom is 0.0782 e. The second kappa shape index (κ2) is 5.20. The fourth-order valence-electron chi connectivity index (χ4n) is 4.32. The molecule has 2 aliphatic heterocycles. The van der Waals surface area contributed by atoms with Crippen molar-refractivity contribution in [2.45, 2.75) is 16.9 Å². The summed E-state index contributed by atoms with van der Waals surface area (Å²) < 4.78 is 0. The molecule has 2 fully saturated rings. The minimum Gasteiger partial charge on any atom is -0.391 e. The van der Waals surface area contributed by atoms with E-state index < -0.39 is 6.10 Å². The first-order chi connectivity index (χ1) is 10.8. The van der Waals surface area contributed by atoms with Crippen LogP contribution in [0.25, 0.3) is 0 Å². The lowest BCUT2D eigenvalue weighted by molar-refractivity contribution is -0.0393. The van der Waals surface area contributed by atoms with E-state index in [0.29, 0.717) is 0 Å². The third kappa shape index (κ3) is 1.86. The molecule has 4 rings (SSSR count). The first-order valence-corrected chi connectivity index (χ1v) is 7.99. The molecule has 0 radical (unpaired) electrons. The minimum atomic E-state index is -0.396. The normalized spacial score (nSPS) is 34.3. The van der Waals surface area contributed by atoms with Gasteiger partial charge in [-0.15, -0.1) is 0 Å². The summed E-state index contributed by atoms with van der Waals surface area (Å²) in [5, 5.41) is 18.6. The van der Waals surface area contributed by atoms with Gasteiger partial charge in [0.1, 0.15) is 0 Å². The van der Waals surface area contributed by atoms with E-state index in [9.17, 15) is 5.11 Å². The van der Waals surface area contributed by atoms with Gasteiger partial charge >= 0.3 is 0 Å². The van der Waals surface area contributed by atoms with Gasteiger partial charge in [-0.2, -0.15) is 0 Å².